The fourth-order valence-corrected chi connectivity index (χ4v) is 2.60. The van der Waals surface area contributed by atoms with E-state index in [1.807, 2.05) is 13.8 Å². The molecule has 0 aromatic rings. The number of unbranched alkanes of at least 4 members (excludes halogenated alkanes) is 5. The van der Waals surface area contributed by atoms with Gasteiger partial charge in [0.1, 0.15) is 0 Å². The topological polar surface area (TPSA) is 52.6 Å². The molecule has 0 N–H and O–H groups in total. The van der Waals surface area contributed by atoms with E-state index < -0.39 is 0 Å². The molecule has 0 aromatic heterocycles. The quantitative estimate of drug-likeness (QED) is 0.214. The van der Waals surface area contributed by atoms with Crippen molar-refractivity contribution in [2.75, 3.05) is 13.2 Å². The Hall–Kier alpha value is -1.32. The summed E-state index contributed by atoms with van der Waals surface area (Å²) in [4.78, 5) is 25.0. The molecule has 0 amide bonds. The SMILES string of the molecule is CCCCCC/C(C(=O)OCCC)=C(\CCCCC)C(=O)OCCC. The number of carbonyl (C=O) groups is 2. The van der Waals surface area contributed by atoms with E-state index in [0.29, 0.717) is 37.2 Å². The van der Waals surface area contributed by atoms with Crippen molar-refractivity contribution in [3.05, 3.63) is 11.1 Å². The second-order valence-electron chi connectivity index (χ2n) is 6.50. The lowest BCUT2D eigenvalue weighted by molar-refractivity contribution is -0.142. The summed E-state index contributed by atoms with van der Waals surface area (Å²) in [6, 6.07) is 0. The Morgan fingerprint density at radius 1 is 0.560 bits per heavy atom. The minimum absolute atomic E-state index is 0.335. The largest absolute Gasteiger partial charge is 0.462 e. The number of ether oxygens (including phenoxy) is 2. The van der Waals surface area contributed by atoms with Gasteiger partial charge in [-0.25, -0.2) is 9.59 Å². The monoisotopic (exact) mass is 354 g/mol. The molecule has 0 saturated carbocycles. The van der Waals surface area contributed by atoms with Crippen LogP contribution in [0.25, 0.3) is 0 Å². The van der Waals surface area contributed by atoms with Gasteiger partial charge >= 0.3 is 11.9 Å². The van der Waals surface area contributed by atoms with Crippen LogP contribution in [-0.4, -0.2) is 25.2 Å². The lowest BCUT2D eigenvalue weighted by atomic mass is 9.97. The minimum atomic E-state index is -0.336. The molecule has 0 aliphatic heterocycles. The van der Waals surface area contributed by atoms with E-state index in [1.165, 1.54) is 0 Å². The summed E-state index contributed by atoms with van der Waals surface area (Å²) < 4.78 is 10.7. The molecule has 0 saturated heterocycles. The zero-order chi connectivity index (χ0) is 18.9. The van der Waals surface area contributed by atoms with Crippen LogP contribution in [0.15, 0.2) is 11.1 Å². The average molecular weight is 355 g/mol. The molecule has 0 atom stereocenters. The molecule has 0 fully saturated rings. The third-order valence-corrected chi connectivity index (χ3v) is 4.04. The Bertz CT molecular complexity index is 399. The van der Waals surface area contributed by atoms with Crippen LogP contribution in [0.1, 0.15) is 98.3 Å². The second kappa shape index (κ2) is 16.2. The molecule has 0 aliphatic rings. The highest BCUT2D eigenvalue weighted by molar-refractivity contribution is 6.00. The van der Waals surface area contributed by atoms with Gasteiger partial charge in [0, 0.05) is 11.1 Å². The van der Waals surface area contributed by atoms with Crippen molar-refractivity contribution in [3.8, 4) is 0 Å². The van der Waals surface area contributed by atoms with E-state index in [4.69, 9.17) is 9.47 Å². The molecule has 4 nitrogen and oxygen atoms in total. The highest BCUT2D eigenvalue weighted by Crippen LogP contribution is 2.22. The maximum atomic E-state index is 12.5. The molecule has 4 heteroatoms. The Morgan fingerprint density at radius 2 is 0.960 bits per heavy atom. The van der Waals surface area contributed by atoms with Crippen LogP contribution in [0, 0.1) is 0 Å². The molecule has 0 rings (SSSR count). The van der Waals surface area contributed by atoms with Gasteiger partial charge in [0.05, 0.1) is 13.2 Å². The zero-order valence-electron chi connectivity index (χ0n) is 16.8. The molecule has 0 aliphatic carbocycles. The first-order chi connectivity index (χ1) is 12.1. The second-order valence-corrected chi connectivity index (χ2v) is 6.50. The van der Waals surface area contributed by atoms with Gasteiger partial charge in [-0.3, -0.25) is 0 Å². The standard InChI is InChI=1S/C21H38O4/c1-5-9-11-13-15-19(21(23)25-17-8-4)18(14-12-10-6-2)20(22)24-16-7-3/h5-17H2,1-4H3/b19-18-. The van der Waals surface area contributed by atoms with E-state index in [1.54, 1.807) is 0 Å². The fourth-order valence-electron chi connectivity index (χ4n) is 2.60. The molecule has 0 radical (unpaired) electrons. The van der Waals surface area contributed by atoms with Crippen molar-refractivity contribution >= 4 is 11.9 Å². The van der Waals surface area contributed by atoms with Crippen molar-refractivity contribution in [1.29, 1.82) is 0 Å². The predicted octanol–water partition coefficient (Wildman–Crippen LogP) is 5.74. The molecular formula is C21H38O4. The van der Waals surface area contributed by atoms with Crippen molar-refractivity contribution in [2.24, 2.45) is 0 Å². The summed E-state index contributed by atoms with van der Waals surface area (Å²) in [6.07, 6.45) is 10.0. The summed E-state index contributed by atoms with van der Waals surface area (Å²) in [7, 11) is 0. The maximum absolute atomic E-state index is 12.5. The molecule has 146 valence electrons. The van der Waals surface area contributed by atoms with E-state index in [9.17, 15) is 9.59 Å². The van der Waals surface area contributed by atoms with Crippen molar-refractivity contribution < 1.29 is 19.1 Å². The van der Waals surface area contributed by atoms with Gasteiger partial charge in [-0.15, -0.1) is 0 Å². The maximum Gasteiger partial charge on any atom is 0.334 e. The minimum Gasteiger partial charge on any atom is -0.462 e. The Kier molecular flexibility index (Phi) is 15.3. The molecule has 0 aromatic carbocycles. The number of hydrogen-bond donors (Lipinski definition) is 0. The molecule has 0 bridgehead atoms. The summed E-state index contributed by atoms with van der Waals surface area (Å²) in [6.45, 7) is 9.00. The first kappa shape index (κ1) is 23.7. The van der Waals surface area contributed by atoms with Crippen LogP contribution >= 0.6 is 0 Å². The number of hydrogen-bond acceptors (Lipinski definition) is 4. The molecule has 25 heavy (non-hydrogen) atoms. The van der Waals surface area contributed by atoms with Gasteiger partial charge in [-0.1, -0.05) is 59.8 Å². The Labute approximate surface area is 154 Å². The van der Waals surface area contributed by atoms with Gasteiger partial charge in [0.2, 0.25) is 0 Å². The molecular weight excluding hydrogens is 316 g/mol. The molecule has 0 unspecified atom stereocenters. The van der Waals surface area contributed by atoms with Crippen LogP contribution in [0.3, 0.4) is 0 Å². The van der Waals surface area contributed by atoms with Gasteiger partial charge < -0.3 is 9.47 Å². The highest BCUT2D eigenvalue weighted by atomic mass is 16.5. The molecule has 0 heterocycles. The molecule has 0 spiro atoms. The summed E-state index contributed by atoms with van der Waals surface area (Å²) in [5.41, 5.74) is 1.08. The Morgan fingerprint density at radius 3 is 1.36 bits per heavy atom. The first-order valence-corrected chi connectivity index (χ1v) is 10.2. The number of carbonyl (C=O) groups excluding carboxylic acids is 2. The van der Waals surface area contributed by atoms with Gasteiger partial charge in [0.25, 0.3) is 0 Å². The van der Waals surface area contributed by atoms with E-state index in [-0.39, 0.29) is 11.9 Å². The van der Waals surface area contributed by atoms with Gasteiger partial charge in [-0.05, 0) is 38.5 Å². The smallest absolute Gasteiger partial charge is 0.334 e. The first-order valence-electron chi connectivity index (χ1n) is 10.2. The van der Waals surface area contributed by atoms with Crippen molar-refractivity contribution in [2.45, 2.75) is 98.3 Å². The van der Waals surface area contributed by atoms with E-state index in [0.717, 1.165) is 57.8 Å². The third-order valence-electron chi connectivity index (χ3n) is 4.04. The van der Waals surface area contributed by atoms with Gasteiger partial charge in [0.15, 0.2) is 0 Å². The lowest BCUT2D eigenvalue weighted by Gasteiger charge is -2.15. The summed E-state index contributed by atoms with van der Waals surface area (Å²) in [5, 5.41) is 0. The predicted molar refractivity (Wildman–Crippen MR) is 102 cm³/mol. The van der Waals surface area contributed by atoms with Crippen LogP contribution in [0.5, 0.6) is 0 Å². The third kappa shape index (κ3) is 11.0. The van der Waals surface area contributed by atoms with Crippen LogP contribution in [-0.2, 0) is 19.1 Å². The van der Waals surface area contributed by atoms with Crippen molar-refractivity contribution in [3.63, 3.8) is 0 Å². The van der Waals surface area contributed by atoms with E-state index in [2.05, 4.69) is 13.8 Å². The summed E-state index contributed by atoms with van der Waals surface area (Å²) >= 11 is 0. The number of esters is 2. The van der Waals surface area contributed by atoms with Gasteiger partial charge in [-0.2, -0.15) is 0 Å². The van der Waals surface area contributed by atoms with Crippen LogP contribution < -0.4 is 0 Å². The van der Waals surface area contributed by atoms with Crippen LogP contribution in [0.2, 0.25) is 0 Å². The zero-order valence-corrected chi connectivity index (χ0v) is 16.8. The number of rotatable bonds is 15. The van der Waals surface area contributed by atoms with Crippen molar-refractivity contribution in [1.82, 2.24) is 0 Å². The average Bonchev–Trinajstić information content (AvgIpc) is 2.62. The van der Waals surface area contributed by atoms with Crippen LogP contribution in [0.4, 0.5) is 0 Å². The Balaban J connectivity index is 5.32. The fraction of sp³-hybridized carbons (Fsp3) is 0.810. The normalized spacial score (nSPS) is 11.8. The van der Waals surface area contributed by atoms with E-state index >= 15 is 0 Å². The summed E-state index contributed by atoms with van der Waals surface area (Å²) in [5.74, 6) is -0.671. The lowest BCUT2D eigenvalue weighted by Crippen LogP contribution is -2.18. The highest BCUT2D eigenvalue weighted by Gasteiger charge is 2.22.